The van der Waals surface area contributed by atoms with Gasteiger partial charge in [0.15, 0.2) is 0 Å². The standard InChI is InChI=1S/C24H29N3O2/c1-18-7-6-10-22(19(18)2)27-12-11-21(24(27)29)23(28)26-15-13-25(14-16-26)17-20-8-4-3-5-9-20/h3-10,21H,11-17H2,1-2H3/t21-/m0/s1. The van der Waals surface area contributed by atoms with Crippen molar-refractivity contribution in [2.75, 3.05) is 37.6 Å². The minimum Gasteiger partial charge on any atom is -0.339 e. The van der Waals surface area contributed by atoms with Crippen molar-refractivity contribution < 1.29 is 9.59 Å². The van der Waals surface area contributed by atoms with Crippen LogP contribution in [0.3, 0.4) is 0 Å². The third-order valence-corrected chi connectivity index (χ3v) is 6.30. The van der Waals surface area contributed by atoms with Crippen LogP contribution in [0.2, 0.25) is 0 Å². The maximum atomic E-state index is 13.1. The summed E-state index contributed by atoms with van der Waals surface area (Å²) in [5.74, 6) is -0.576. The van der Waals surface area contributed by atoms with E-state index in [2.05, 4.69) is 42.2 Å². The second kappa shape index (κ2) is 8.37. The molecule has 0 bridgehead atoms. The molecule has 2 aromatic rings. The van der Waals surface area contributed by atoms with Crippen LogP contribution in [0.4, 0.5) is 5.69 Å². The van der Waals surface area contributed by atoms with Gasteiger partial charge in [-0.25, -0.2) is 0 Å². The van der Waals surface area contributed by atoms with Crippen molar-refractivity contribution in [2.24, 2.45) is 5.92 Å². The second-order valence-electron chi connectivity index (χ2n) is 8.14. The normalized spacial score (nSPS) is 20.3. The highest BCUT2D eigenvalue weighted by molar-refractivity contribution is 6.10. The average Bonchev–Trinajstić information content (AvgIpc) is 3.12. The van der Waals surface area contributed by atoms with Crippen molar-refractivity contribution in [3.05, 3.63) is 65.2 Å². The summed E-state index contributed by atoms with van der Waals surface area (Å²) in [6.07, 6.45) is 0.606. The van der Waals surface area contributed by atoms with Gasteiger partial charge in [-0.1, -0.05) is 42.5 Å². The predicted octanol–water partition coefficient (Wildman–Crippen LogP) is 3.00. The number of aryl methyl sites for hydroxylation is 1. The van der Waals surface area contributed by atoms with Crippen LogP contribution in [0.15, 0.2) is 48.5 Å². The van der Waals surface area contributed by atoms with Gasteiger partial charge in [0.25, 0.3) is 0 Å². The van der Waals surface area contributed by atoms with Crippen molar-refractivity contribution in [3.8, 4) is 0 Å². The zero-order chi connectivity index (χ0) is 20.4. The molecule has 2 fully saturated rings. The van der Waals surface area contributed by atoms with E-state index in [0.29, 0.717) is 26.1 Å². The summed E-state index contributed by atoms with van der Waals surface area (Å²) in [5, 5.41) is 0. The molecule has 5 nitrogen and oxygen atoms in total. The summed E-state index contributed by atoms with van der Waals surface area (Å²) in [6, 6.07) is 16.4. The summed E-state index contributed by atoms with van der Waals surface area (Å²) in [6.45, 7) is 8.71. The zero-order valence-electron chi connectivity index (χ0n) is 17.3. The summed E-state index contributed by atoms with van der Waals surface area (Å²) >= 11 is 0. The van der Waals surface area contributed by atoms with Gasteiger partial charge in [0.2, 0.25) is 11.8 Å². The number of anilines is 1. The Kier molecular flexibility index (Phi) is 5.67. The van der Waals surface area contributed by atoms with E-state index in [0.717, 1.165) is 30.9 Å². The number of nitrogens with zero attached hydrogens (tertiary/aromatic N) is 3. The van der Waals surface area contributed by atoms with Gasteiger partial charge >= 0.3 is 0 Å². The highest BCUT2D eigenvalue weighted by Gasteiger charge is 2.40. The van der Waals surface area contributed by atoms with Crippen molar-refractivity contribution >= 4 is 17.5 Å². The highest BCUT2D eigenvalue weighted by atomic mass is 16.2. The Hall–Kier alpha value is -2.66. The molecule has 0 radical (unpaired) electrons. The molecule has 2 amide bonds. The lowest BCUT2D eigenvalue weighted by molar-refractivity contribution is -0.141. The highest BCUT2D eigenvalue weighted by Crippen LogP contribution is 2.30. The van der Waals surface area contributed by atoms with E-state index >= 15 is 0 Å². The molecular formula is C24H29N3O2. The molecule has 0 saturated carbocycles. The molecule has 0 unspecified atom stereocenters. The Balaban J connectivity index is 1.36. The number of hydrogen-bond acceptors (Lipinski definition) is 3. The smallest absolute Gasteiger partial charge is 0.239 e. The van der Waals surface area contributed by atoms with E-state index in [1.165, 1.54) is 11.1 Å². The second-order valence-corrected chi connectivity index (χ2v) is 8.14. The number of carbonyl (C=O) groups excluding carboxylic acids is 2. The van der Waals surface area contributed by atoms with Gasteiger partial charge in [-0.15, -0.1) is 0 Å². The molecule has 2 aromatic carbocycles. The first kappa shape index (κ1) is 19.6. The lowest BCUT2D eigenvalue weighted by Gasteiger charge is -2.35. The van der Waals surface area contributed by atoms with Crippen LogP contribution in [0.5, 0.6) is 0 Å². The van der Waals surface area contributed by atoms with Crippen LogP contribution in [-0.2, 0) is 16.1 Å². The van der Waals surface area contributed by atoms with E-state index in [4.69, 9.17) is 0 Å². The summed E-state index contributed by atoms with van der Waals surface area (Å²) in [5.41, 5.74) is 4.52. The molecule has 2 aliphatic rings. The Morgan fingerprint density at radius 3 is 2.38 bits per heavy atom. The molecule has 0 aliphatic carbocycles. The lowest BCUT2D eigenvalue weighted by atomic mass is 10.1. The van der Waals surface area contributed by atoms with Crippen molar-refractivity contribution in [3.63, 3.8) is 0 Å². The van der Waals surface area contributed by atoms with E-state index in [9.17, 15) is 9.59 Å². The Morgan fingerprint density at radius 2 is 1.66 bits per heavy atom. The van der Waals surface area contributed by atoms with E-state index < -0.39 is 5.92 Å². The van der Waals surface area contributed by atoms with Gasteiger partial charge in [0.1, 0.15) is 5.92 Å². The van der Waals surface area contributed by atoms with Crippen molar-refractivity contribution in [2.45, 2.75) is 26.8 Å². The van der Waals surface area contributed by atoms with Crippen LogP contribution in [0.1, 0.15) is 23.1 Å². The fourth-order valence-corrected chi connectivity index (χ4v) is 4.36. The largest absolute Gasteiger partial charge is 0.339 e. The van der Waals surface area contributed by atoms with E-state index in [1.54, 1.807) is 4.90 Å². The molecule has 0 spiro atoms. The Bertz CT molecular complexity index is 888. The summed E-state index contributed by atoms with van der Waals surface area (Å²) < 4.78 is 0. The minimum atomic E-state index is -0.532. The summed E-state index contributed by atoms with van der Waals surface area (Å²) in [7, 11) is 0. The fraction of sp³-hybridized carbons (Fsp3) is 0.417. The molecule has 152 valence electrons. The molecule has 5 heteroatoms. The lowest BCUT2D eigenvalue weighted by Crippen LogP contribution is -2.51. The number of carbonyl (C=O) groups is 2. The van der Waals surface area contributed by atoms with Gasteiger partial charge < -0.3 is 9.80 Å². The number of amides is 2. The van der Waals surface area contributed by atoms with Crippen molar-refractivity contribution in [1.29, 1.82) is 0 Å². The van der Waals surface area contributed by atoms with Gasteiger partial charge in [-0.2, -0.15) is 0 Å². The Morgan fingerprint density at radius 1 is 0.931 bits per heavy atom. The number of hydrogen-bond donors (Lipinski definition) is 0. The maximum absolute atomic E-state index is 13.1. The third kappa shape index (κ3) is 4.06. The first-order valence-corrected chi connectivity index (χ1v) is 10.5. The van der Waals surface area contributed by atoms with E-state index in [-0.39, 0.29) is 11.8 Å². The molecule has 2 heterocycles. The van der Waals surface area contributed by atoms with Gasteiger partial charge in [-0.3, -0.25) is 14.5 Å². The quantitative estimate of drug-likeness (QED) is 0.753. The number of benzene rings is 2. The number of piperazine rings is 1. The van der Waals surface area contributed by atoms with Gasteiger partial charge in [-0.05, 0) is 43.0 Å². The fourth-order valence-electron chi connectivity index (χ4n) is 4.36. The molecule has 2 saturated heterocycles. The maximum Gasteiger partial charge on any atom is 0.239 e. The first-order valence-electron chi connectivity index (χ1n) is 10.5. The van der Waals surface area contributed by atoms with Gasteiger partial charge in [0.05, 0.1) is 0 Å². The van der Waals surface area contributed by atoms with Gasteiger partial charge in [0, 0.05) is 45.0 Å². The first-order chi connectivity index (χ1) is 14.0. The molecule has 0 N–H and O–H groups in total. The summed E-state index contributed by atoms with van der Waals surface area (Å²) in [4.78, 5) is 32.2. The molecular weight excluding hydrogens is 362 g/mol. The number of rotatable bonds is 4. The molecule has 4 rings (SSSR count). The zero-order valence-corrected chi connectivity index (χ0v) is 17.3. The topological polar surface area (TPSA) is 43.9 Å². The third-order valence-electron chi connectivity index (χ3n) is 6.30. The van der Waals surface area contributed by atoms with E-state index in [1.807, 2.05) is 30.0 Å². The Labute approximate surface area is 172 Å². The van der Waals surface area contributed by atoms with Crippen LogP contribution in [0, 0.1) is 19.8 Å². The molecule has 1 atom stereocenters. The van der Waals surface area contributed by atoms with Crippen LogP contribution in [0.25, 0.3) is 0 Å². The molecule has 29 heavy (non-hydrogen) atoms. The SMILES string of the molecule is Cc1cccc(N2CC[C@@H](C(=O)N3CCN(Cc4ccccc4)CC3)C2=O)c1C. The van der Waals surface area contributed by atoms with Crippen LogP contribution < -0.4 is 4.90 Å². The average molecular weight is 392 g/mol. The monoisotopic (exact) mass is 391 g/mol. The van der Waals surface area contributed by atoms with Crippen molar-refractivity contribution in [1.82, 2.24) is 9.80 Å². The minimum absolute atomic E-state index is 0.00201. The molecule has 0 aromatic heterocycles. The van der Waals surface area contributed by atoms with Crippen LogP contribution in [-0.4, -0.2) is 54.3 Å². The van der Waals surface area contributed by atoms with Crippen LogP contribution >= 0.6 is 0 Å². The predicted molar refractivity (Wildman–Crippen MR) is 115 cm³/mol. The molecule has 2 aliphatic heterocycles.